The zero-order chi connectivity index (χ0) is 20.3. The van der Waals surface area contributed by atoms with Gasteiger partial charge in [0.05, 0.1) is 25.2 Å². The zero-order valence-corrected chi connectivity index (χ0v) is 16.2. The Morgan fingerprint density at radius 3 is 2.79 bits per heavy atom. The number of benzene rings is 1. The van der Waals surface area contributed by atoms with Crippen LogP contribution in [0.3, 0.4) is 0 Å². The molecule has 6 nitrogen and oxygen atoms in total. The first-order valence-corrected chi connectivity index (χ1v) is 9.41. The summed E-state index contributed by atoms with van der Waals surface area (Å²) in [5.41, 5.74) is -0.168. The molecule has 1 aliphatic carbocycles. The van der Waals surface area contributed by atoms with Crippen molar-refractivity contribution in [2.45, 2.75) is 38.1 Å². The van der Waals surface area contributed by atoms with Crippen LogP contribution < -0.4 is 0 Å². The number of aliphatic hydroxyl groups is 1. The molecule has 0 saturated heterocycles. The van der Waals surface area contributed by atoms with Crippen molar-refractivity contribution >= 4 is 11.9 Å². The number of carbonyl (C=O) groups excluding carboxylic acids is 2. The monoisotopic (exact) mass is 386 g/mol. The summed E-state index contributed by atoms with van der Waals surface area (Å²) in [4.78, 5) is 24.4. The Balaban J connectivity index is 1.90. The highest BCUT2D eigenvalue weighted by Crippen LogP contribution is 2.51. The van der Waals surface area contributed by atoms with E-state index >= 15 is 0 Å². The average molecular weight is 386 g/mol. The molecule has 6 heteroatoms. The smallest absolute Gasteiger partial charge is 0.335 e. The molecule has 0 aromatic heterocycles. The normalized spacial score (nSPS) is 30.3. The second kappa shape index (κ2) is 8.19. The minimum atomic E-state index is -1.12. The summed E-state index contributed by atoms with van der Waals surface area (Å²) in [5.74, 6) is -1.52. The summed E-state index contributed by atoms with van der Waals surface area (Å²) in [6.07, 6.45) is 2.44. The molecule has 1 spiro atoms. The number of aliphatic hydroxyl groups excluding tert-OH is 1. The standard InChI is InChI=1S/C22H26O6/c1-4-18(23)17-10-16(21(25)26-3)14(2)12-22(17)19(11-20(24)28-22)27-13-15-8-6-5-7-9-15/h4-9,11,14,16-18,23H,1,10,12-13H2,2-3H3/t14-,16-,17+,18?,22+/m1/s1. The van der Waals surface area contributed by atoms with Gasteiger partial charge >= 0.3 is 11.9 Å². The Labute approximate surface area is 164 Å². The molecule has 1 aliphatic heterocycles. The van der Waals surface area contributed by atoms with Crippen molar-refractivity contribution < 1.29 is 28.9 Å². The molecule has 5 atom stereocenters. The number of carbonyl (C=O) groups is 2. The summed E-state index contributed by atoms with van der Waals surface area (Å²) in [6, 6.07) is 9.59. The third-order valence-corrected chi connectivity index (χ3v) is 5.76. The largest absolute Gasteiger partial charge is 0.489 e. The number of esters is 2. The molecular formula is C22H26O6. The van der Waals surface area contributed by atoms with Gasteiger partial charge in [-0.2, -0.15) is 0 Å². The Morgan fingerprint density at radius 2 is 2.14 bits per heavy atom. The maximum absolute atomic E-state index is 12.2. The number of hydrogen-bond donors (Lipinski definition) is 1. The third kappa shape index (κ3) is 3.69. The van der Waals surface area contributed by atoms with E-state index in [1.165, 1.54) is 19.3 Å². The van der Waals surface area contributed by atoms with Crippen molar-refractivity contribution in [3.05, 3.63) is 60.4 Å². The first-order chi connectivity index (χ1) is 13.4. The second-order valence-electron chi connectivity index (χ2n) is 7.47. The Hall–Kier alpha value is -2.60. The fourth-order valence-electron chi connectivity index (χ4n) is 4.32. The lowest BCUT2D eigenvalue weighted by atomic mass is 9.63. The van der Waals surface area contributed by atoms with Crippen molar-refractivity contribution in [3.63, 3.8) is 0 Å². The Morgan fingerprint density at radius 1 is 1.43 bits per heavy atom. The molecule has 0 bridgehead atoms. The number of rotatable bonds is 6. The summed E-state index contributed by atoms with van der Waals surface area (Å²) >= 11 is 0. The van der Waals surface area contributed by atoms with Gasteiger partial charge in [-0.3, -0.25) is 4.79 Å². The Kier molecular flexibility index (Phi) is 5.89. The molecule has 150 valence electrons. The van der Waals surface area contributed by atoms with E-state index in [-0.39, 0.29) is 18.5 Å². The molecule has 2 aliphatic rings. The third-order valence-electron chi connectivity index (χ3n) is 5.76. The molecule has 0 amide bonds. The van der Waals surface area contributed by atoms with Crippen LogP contribution in [0, 0.1) is 17.8 Å². The highest BCUT2D eigenvalue weighted by atomic mass is 16.6. The molecule has 1 heterocycles. The zero-order valence-electron chi connectivity index (χ0n) is 16.2. The van der Waals surface area contributed by atoms with E-state index in [1.54, 1.807) is 0 Å². The van der Waals surface area contributed by atoms with Gasteiger partial charge in [0.15, 0.2) is 5.60 Å². The summed E-state index contributed by atoms with van der Waals surface area (Å²) in [7, 11) is 1.35. The predicted octanol–water partition coefficient (Wildman–Crippen LogP) is 2.76. The molecule has 0 radical (unpaired) electrons. The van der Waals surface area contributed by atoms with Gasteiger partial charge < -0.3 is 19.3 Å². The van der Waals surface area contributed by atoms with E-state index in [1.807, 2.05) is 37.3 Å². The van der Waals surface area contributed by atoms with Gasteiger partial charge in [-0.05, 0) is 24.3 Å². The van der Waals surface area contributed by atoms with Crippen LogP contribution in [-0.4, -0.2) is 35.9 Å². The van der Waals surface area contributed by atoms with Gasteiger partial charge in [-0.1, -0.05) is 43.3 Å². The maximum atomic E-state index is 12.2. The molecule has 3 rings (SSSR count). The van der Waals surface area contributed by atoms with Crippen LogP contribution in [0.1, 0.15) is 25.3 Å². The van der Waals surface area contributed by atoms with Gasteiger partial charge in [-0.25, -0.2) is 4.79 Å². The minimum Gasteiger partial charge on any atom is -0.489 e. The van der Waals surface area contributed by atoms with Crippen molar-refractivity contribution in [1.82, 2.24) is 0 Å². The molecule has 28 heavy (non-hydrogen) atoms. The van der Waals surface area contributed by atoms with E-state index in [2.05, 4.69) is 6.58 Å². The number of ether oxygens (including phenoxy) is 3. The second-order valence-corrected chi connectivity index (χ2v) is 7.47. The first-order valence-electron chi connectivity index (χ1n) is 9.41. The Bertz CT molecular complexity index is 770. The average Bonchev–Trinajstić information content (AvgIpc) is 3.01. The van der Waals surface area contributed by atoms with Crippen LogP contribution >= 0.6 is 0 Å². The van der Waals surface area contributed by atoms with E-state index < -0.39 is 29.5 Å². The van der Waals surface area contributed by atoms with E-state index in [0.717, 1.165) is 5.56 Å². The van der Waals surface area contributed by atoms with E-state index in [4.69, 9.17) is 14.2 Å². The van der Waals surface area contributed by atoms with Crippen LogP contribution in [0.4, 0.5) is 0 Å². The molecular weight excluding hydrogens is 360 g/mol. The highest BCUT2D eigenvalue weighted by Gasteiger charge is 2.58. The lowest BCUT2D eigenvalue weighted by molar-refractivity contribution is -0.174. The lowest BCUT2D eigenvalue weighted by Gasteiger charge is -2.47. The van der Waals surface area contributed by atoms with Crippen LogP contribution in [0.5, 0.6) is 0 Å². The molecule has 1 aromatic carbocycles. The van der Waals surface area contributed by atoms with Crippen LogP contribution in [0.2, 0.25) is 0 Å². The first kappa shape index (κ1) is 20.1. The van der Waals surface area contributed by atoms with Crippen LogP contribution in [-0.2, 0) is 30.4 Å². The number of hydrogen-bond acceptors (Lipinski definition) is 6. The summed E-state index contributed by atoms with van der Waals surface area (Å²) in [6.45, 7) is 5.86. The van der Waals surface area contributed by atoms with Gasteiger partial charge in [0.1, 0.15) is 12.4 Å². The minimum absolute atomic E-state index is 0.115. The quantitative estimate of drug-likeness (QED) is 0.598. The fraction of sp³-hybridized carbons (Fsp3) is 0.455. The van der Waals surface area contributed by atoms with Gasteiger partial charge in [0, 0.05) is 5.92 Å². The van der Waals surface area contributed by atoms with Crippen molar-refractivity contribution in [2.24, 2.45) is 17.8 Å². The van der Waals surface area contributed by atoms with Gasteiger partial charge in [0.2, 0.25) is 0 Å². The highest BCUT2D eigenvalue weighted by molar-refractivity contribution is 5.86. The van der Waals surface area contributed by atoms with Gasteiger partial charge in [-0.15, -0.1) is 6.58 Å². The SMILES string of the molecule is C=CC(O)[C@@H]1C[C@@H](C(=O)OC)[C@H](C)C[C@]12OC(=O)C=C2OCc1ccccc1. The summed E-state index contributed by atoms with van der Waals surface area (Å²) < 4.78 is 16.7. The van der Waals surface area contributed by atoms with Crippen molar-refractivity contribution in [2.75, 3.05) is 7.11 Å². The predicted molar refractivity (Wildman–Crippen MR) is 102 cm³/mol. The van der Waals surface area contributed by atoms with Crippen molar-refractivity contribution in [1.29, 1.82) is 0 Å². The van der Waals surface area contributed by atoms with E-state index in [9.17, 15) is 14.7 Å². The number of methoxy groups -OCH3 is 1. The molecule has 1 aromatic rings. The topological polar surface area (TPSA) is 82.1 Å². The van der Waals surface area contributed by atoms with E-state index in [0.29, 0.717) is 18.6 Å². The van der Waals surface area contributed by atoms with Gasteiger partial charge in [0.25, 0.3) is 0 Å². The fourth-order valence-corrected chi connectivity index (χ4v) is 4.32. The molecule has 1 unspecified atom stereocenters. The van der Waals surface area contributed by atoms with Crippen LogP contribution in [0.25, 0.3) is 0 Å². The van der Waals surface area contributed by atoms with Crippen LogP contribution in [0.15, 0.2) is 54.8 Å². The molecule has 1 N–H and O–H groups in total. The maximum Gasteiger partial charge on any atom is 0.335 e. The van der Waals surface area contributed by atoms with Crippen molar-refractivity contribution in [3.8, 4) is 0 Å². The summed E-state index contributed by atoms with van der Waals surface area (Å²) in [5, 5.41) is 10.6. The molecule has 1 fully saturated rings. The molecule has 1 saturated carbocycles. The lowest BCUT2D eigenvalue weighted by Crippen LogP contribution is -2.53.